The second-order valence-corrected chi connectivity index (χ2v) is 2.92. The molecule has 1 N–H and O–H groups in total. The van der Waals surface area contributed by atoms with Gasteiger partial charge in [-0.2, -0.15) is 0 Å². The van der Waals surface area contributed by atoms with Crippen molar-refractivity contribution >= 4 is 5.82 Å². The molecular formula is C9H12N2O. The molecule has 3 nitrogen and oxygen atoms in total. The maximum atomic E-state index is 5.62. The largest absolute Gasteiger partial charge is 0.487 e. The molecule has 3 heteroatoms. The Morgan fingerprint density at radius 3 is 3.08 bits per heavy atom. The molecule has 2 rings (SSSR count). The van der Waals surface area contributed by atoms with Crippen LogP contribution in [0, 0.1) is 0 Å². The third-order valence-electron chi connectivity index (χ3n) is 1.83. The smallest absolute Gasteiger partial charge is 0.168 e. The molecule has 0 aliphatic heterocycles. The average molecular weight is 164 g/mol. The first-order valence-electron chi connectivity index (χ1n) is 4.19. The van der Waals surface area contributed by atoms with Crippen LogP contribution in [-0.4, -0.2) is 18.1 Å². The van der Waals surface area contributed by atoms with Gasteiger partial charge in [0.1, 0.15) is 0 Å². The van der Waals surface area contributed by atoms with Gasteiger partial charge in [-0.25, -0.2) is 4.98 Å². The predicted octanol–water partition coefficient (Wildman–Crippen LogP) is 1.66. The molecule has 0 radical (unpaired) electrons. The van der Waals surface area contributed by atoms with Crippen LogP contribution in [-0.2, 0) is 0 Å². The van der Waals surface area contributed by atoms with Crippen molar-refractivity contribution in [2.24, 2.45) is 0 Å². The summed E-state index contributed by atoms with van der Waals surface area (Å²) in [6.45, 7) is 0. The van der Waals surface area contributed by atoms with Crippen LogP contribution in [0.5, 0.6) is 5.75 Å². The summed E-state index contributed by atoms with van der Waals surface area (Å²) in [4.78, 5) is 4.14. The molecular weight excluding hydrogens is 152 g/mol. The summed E-state index contributed by atoms with van der Waals surface area (Å²) in [5.74, 6) is 1.69. The van der Waals surface area contributed by atoms with Gasteiger partial charge in [0.15, 0.2) is 11.6 Å². The molecule has 1 saturated carbocycles. The second-order valence-electron chi connectivity index (χ2n) is 2.92. The normalized spacial score (nSPS) is 15.8. The van der Waals surface area contributed by atoms with E-state index in [1.807, 2.05) is 19.2 Å². The van der Waals surface area contributed by atoms with Crippen LogP contribution in [0.1, 0.15) is 12.8 Å². The first-order chi connectivity index (χ1) is 5.90. The van der Waals surface area contributed by atoms with Gasteiger partial charge in [-0.15, -0.1) is 0 Å². The lowest BCUT2D eigenvalue weighted by molar-refractivity contribution is 0.303. The Labute approximate surface area is 71.8 Å². The monoisotopic (exact) mass is 164 g/mol. The maximum absolute atomic E-state index is 5.62. The minimum atomic E-state index is 0.432. The highest BCUT2D eigenvalue weighted by Gasteiger charge is 2.24. The number of hydrogen-bond acceptors (Lipinski definition) is 3. The van der Waals surface area contributed by atoms with Crippen molar-refractivity contribution in [2.75, 3.05) is 12.4 Å². The Bertz CT molecular complexity index is 271. The molecule has 0 spiro atoms. The fraction of sp³-hybridized carbons (Fsp3) is 0.444. The van der Waals surface area contributed by atoms with Crippen LogP contribution in [0.2, 0.25) is 0 Å². The summed E-state index contributed by atoms with van der Waals surface area (Å²) in [5, 5.41) is 2.99. The number of hydrogen-bond donors (Lipinski definition) is 1. The molecule has 1 heterocycles. The summed E-state index contributed by atoms with van der Waals surface area (Å²) in [6, 6.07) is 3.83. The Kier molecular flexibility index (Phi) is 1.86. The highest BCUT2D eigenvalue weighted by Crippen LogP contribution is 2.29. The minimum absolute atomic E-state index is 0.432. The molecule has 1 aliphatic rings. The van der Waals surface area contributed by atoms with Crippen LogP contribution in [0.4, 0.5) is 5.82 Å². The molecule has 0 aromatic carbocycles. The Hall–Kier alpha value is -1.25. The second kappa shape index (κ2) is 3.01. The van der Waals surface area contributed by atoms with Crippen LogP contribution < -0.4 is 10.1 Å². The molecule has 64 valence electrons. The van der Waals surface area contributed by atoms with E-state index in [0.717, 1.165) is 11.6 Å². The van der Waals surface area contributed by atoms with Gasteiger partial charge in [0.05, 0.1) is 6.10 Å². The molecule has 12 heavy (non-hydrogen) atoms. The molecule has 1 aliphatic carbocycles. The number of rotatable bonds is 3. The van der Waals surface area contributed by atoms with Gasteiger partial charge in [-0.3, -0.25) is 0 Å². The van der Waals surface area contributed by atoms with Crippen LogP contribution in [0.3, 0.4) is 0 Å². The summed E-state index contributed by atoms with van der Waals surface area (Å²) >= 11 is 0. The molecule has 1 fully saturated rings. The number of aromatic nitrogens is 1. The first kappa shape index (κ1) is 7.40. The van der Waals surface area contributed by atoms with Crippen molar-refractivity contribution in [1.29, 1.82) is 0 Å². The van der Waals surface area contributed by atoms with Crippen molar-refractivity contribution in [2.45, 2.75) is 18.9 Å². The number of nitrogens with one attached hydrogen (secondary N) is 1. The van der Waals surface area contributed by atoms with Crippen LogP contribution in [0.15, 0.2) is 18.3 Å². The van der Waals surface area contributed by atoms with E-state index in [-0.39, 0.29) is 0 Å². The number of ether oxygens (including phenoxy) is 1. The van der Waals surface area contributed by atoms with Crippen LogP contribution >= 0.6 is 0 Å². The van der Waals surface area contributed by atoms with Gasteiger partial charge in [-0.1, -0.05) is 0 Å². The standard InChI is InChI=1S/C9H12N2O/c1-10-9-8(3-2-6-11-9)12-7-4-5-7/h2-3,6-7H,4-5H2,1H3,(H,10,11). The van der Waals surface area contributed by atoms with Crippen molar-refractivity contribution in [3.63, 3.8) is 0 Å². The van der Waals surface area contributed by atoms with Gasteiger partial charge in [0.2, 0.25) is 0 Å². The summed E-state index contributed by atoms with van der Waals surface area (Å²) in [7, 11) is 1.85. The van der Waals surface area contributed by atoms with E-state index >= 15 is 0 Å². The molecule has 0 saturated heterocycles. The fourth-order valence-electron chi connectivity index (χ4n) is 1.04. The molecule has 0 amide bonds. The lowest BCUT2D eigenvalue weighted by Crippen LogP contribution is -2.01. The van der Waals surface area contributed by atoms with E-state index in [0.29, 0.717) is 6.10 Å². The zero-order valence-electron chi connectivity index (χ0n) is 7.08. The van der Waals surface area contributed by atoms with Crippen LogP contribution in [0.25, 0.3) is 0 Å². The quantitative estimate of drug-likeness (QED) is 0.737. The van der Waals surface area contributed by atoms with Crippen molar-refractivity contribution in [3.05, 3.63) is 18.3 Å². The van der Waals surface area contributed by atoms with E-state index in [9.17, 15) is 0 Å². The van der Waals surface area contributed by atoms with Gasteiger partial charge >= 0.3 is 0 Å². The van der Waals surface area contributed by atoms with Gasteiger partial charge < -0.3 is 10.1 Å². The van der Waals surface area contributed by atoms with Gasteiger partial charge in [0, 0.05) is 13.2 Å². The highest BCUT2D eigenvalue weighted by molar-refractivity contribution is 5.48. The number of nitrogens with zero attached hydrogens (tertiary/aromatic N) is 1. The maximum Gasteiger partial charge on any atom is 0.168 e. The lowest BCUT2D eigenvalue weighted by atomic mass is 10.4. The number of pyridine rings is 1. The Balaban J connectivity index is 2.15. The zero-order valence-corrected chi connectivity index (χ0v) is 7.08. The molecule has 0 unspecified atom stereocenters. The lowest BCUT2D eigenvalue weighted by Gasteiger charge is -2.07. The minimum Gasteiger partial charge on any atom is -0.487 e. The van der Waals surface area contributed by atoms with E-state index in [1.165, 1.54) is 12.8 Å². The fourth-order valence-corrected chi connectivity index (χ4v) is 1.04. The van der Waals surface area contributed by atoms with Crippen molar-refractivity contribution in [3.8, 4) is 5.75 Å². The zero-order chi connectivity index (χ0) is 8.39. The third kappa shape index (κ3) is 1.49. The summed E-state index contributed by atoms with van der Waals surface area (Å²) < 4.78 is 5.62. The topological polar surface area (TPSA) is 34.2 Å². The Morgan fingerprint density at radius 2 is 2.42 bits per heavy atom. The van der Waals surface area contributed by atoms with E-state index in [2.05, 4.69) is 10.3 Å². The first-order valence-corrected chi connectivity index (χ1v) is 4.19. The molecule has 0 bridgehead atoms. The Morgan fingerprint density at radius 1 is 1.58 bits per heavy atom. The van der Waals surface area contributed by atoms with Crippen molar-refractivity contribution < 1.29 is 4.74 Å². The van der Waals surface area contributed by atoms with E-state index in [4.69, 9.17) is 4.74 Å². The van der Waals surface area contributed by atoms with Crippen molar-refractivity contribution in [1.82, 2.24) is 4.98 Å². The van der Waals surface area contributed by atoms with E-state index < -0.39 is 0 Å². The SMILES string of the molecule is CNc1ncccc1OC1CC1. The van der Waals surface area contributed by atoms with E-state index in [1.54, 1.807) is 6.20 Å². The average Bonchev–Trinajstić information content (AvgIpc) is 2.89. The summed E-state index contributed by atoms with van der Waals surface area (Å²) in [6.07, 6.45) is 4.54. The number of anilines is 1. The molecule has 1 aromatic heterocycles. The van der Waals surface area contributed by atoms with Gasteiger partial charge in [-0.05, 0) is 25.0 Å². The summed E-state index contributed by atoms with van der Waals surface area (Å²) in [5.41, 5.74) is 0. The molecule has 1 aromatic rings. The third-order valence-corrected chi connectivity index (χ3v) is 1.83. The highest BCUT2D eigenvalue weighted by atomic mass is 16.5. The van der Waals surface area contributed by atoms with Gasteiger partial charge in [0.25, 0.3) is 0 Å². The molecule has 0 atom stereocenters. The predicted molar refractivity (Wildman–Crippen MR) is 47.4 cm³/mol.